The Morgan fingerprint density at radius 3 is 1.35 bits per heavy atom. The van der Waals surface area contributed by atoms with Crippen LogP contribution in [-0.2, 0) is 0 Å². The van der Waals surface area contributed by atoms with Crippen LogP contribution in [-0.4, -0.2) is 0 Å². The van der Waals surface area contributed by atoms with Crippen LogP contribution in [0.5, 0.6) is 0 Å². The molecule has 0 atom stereocenters. The van der Waals surface area contributed by atoms with Crippen molar-refractivity contribution >= 4 is 32.3 Å². The molecule has 1 aliphatic carbocycles. The summed E-state index contributed by atoms with van der Waals surface area (Å²) in [6, 6.07) is 58.1. The first-order chi connectivity index (χ1) is 22.8. The maximum absolute atomic E-state index is 2.36. The second kappa shape index (κ2) is 12.5. The van der Waals surface area contributed by atoms with Crippen molar-refractivity contribution in [2.75, 3.05) is 0 Å². The molecule has 8 aromatic carbocycles. The van der Waals surface area contributed by atoms with Crippen molar-refractivity contribution in [1.29, 1.82) is 0 Å². The van der Waals surface area contributed by atoms with Gasteiger partial charge in [0.25, 0.3) is 0 Å². The maximum atomic E-state index is 2.36. The van der Waals surface area contributed by atoms with Crippen molar-refractivity contribution in [2.24, 2.45) is 0 Å². The molecule has 9 rings (SSSR count). The minimum Gasteiger partial charge on any atom is -0.0683 e. The first kappa shape index (κ1) is 29.3. The van der Waals surface area contributed by atoms with E-state index in [4.69, 9.17) is 0 Å². The van der Waals surface area contributed by atoms with Gasteiger partial charge in [-0.25, -0.2) is 0 Å². The van der Waals surface area contributed by atoms with Gasteiger partial charge in [0.1, 0.15) is 0 Å². The Morgan fingerprint density at radius 1 is 0.261 bits per heavy atom. The summed E-state index contributed by atoms with van der Waals surface area (Å²) in [5.41, 5.74) is 12.9. The Bertz CT molecular complexity index is 2310. The number of hydrogen-bond acceptors (Lipinski definition) is 0. The summed E-state index contributed by atoms with van der Waals surface area (Å²) in [5.74, 6) is 0. The average Bonchev–Trinajstić information content (AvgIpc) is 3.48. The lowest BCUT2D eigenvalue weighted by atomic mass is 9.92. The van der Waals surface area contributed by atoms with Crippen molar-refractivity contribution < 1.29 is 0 Å². The van der Waals surface area contributed by atoms with E-state index in [-0.39, 0.29) is 0 Å². The van der Waals surface area contributed by atoms with Crippen molar-refractivity contribution in [3.63, 3.8) is 0 Å². The number of rotatable bonds is 3. The summed E-state index contributed by atoms with van der Waals surface area (Å²) in [6.07, 6.45) is 0. The largest absolute Gasteiger partial charge is 0.0683 e. The molecule has 8 aromatic rings. The van der Waals surface area contributed by atoms with E-state index < -0.39 is 0 Å². The molecular weight excluding hydrogens is 553 g/mol. The van der Waals surface area contributed by atoms with Gasteiger partial charge < -0.3 is 0 Å². The third kappa shape index (κ3) is 4.97. The molecule has 0 saturated heterocycles. The van der Waals surface area contributed by atoms with E-state index in [1.807, 2.05) is 27.7 Å². The van der Waals surface area contributed by atoms with Gasteiger partial charge in [0.15, 0.2) is 0 Å². The second-order valence-electron chi connectivity index (χ2n) is 11.4. The third-order valence-electron chi connectivity index (χ3n) is 9.00. The Morgan fingerprint density at radius 2 is 0.696 bits per heavy atom. The molecule has 46 heavy (non-hydrogen) atoms. The van der Waals surface area contributed by atoms with E-state index >= 15 is 0 Å². The summed E-state index contributed by atoms with van der Waals surface area (Å²) in [4.78, 5) is 0. The Balaban J connectivity index is 0.000000815. The van der Waals surface area contributed by atoms with Gasteiger partial charge in [-0.3, -0.25) is 0 Å². The van der Waals surface area contributed by atoms with Crippen molar-refractivity contribution in [1.82, 2.24) is 0 Å². The molecule has 222 valence electrons. The highest BCUT2D eigenvalue weighted by Crippen LogP contribution is 2.49. The molecule has 0 nitrogen and oxygen atoms in total. The molecule has 0 spiro atoms. The zero-order valence-electron chi connectivity index (χ0n) is 27.0. The quantitative estimate of drug-likeness (QED) is 0.192. The summed E-state index contributed by atoms with van der Waals surface area (Å²) < 4.78 is 0. The van der Waals surface area contributed by atoms with Gasteiger partial charge in [0.05, 0.1) is 0 Å². The van der Waals surface area contributed by atoms with E-state index in [0.29, 0.717) is 0 Å². The SMILES string of the molecule is CC.CC.c1ccc2c(c1)-c1cccc3c(-c4ccc5ccc(-c6ccc(-c7ccc8ccccc8c7)cc6)cc5c4)ccc-2c13. The van der Waals surface area contributed by atoms with E-state index in [1.165, 1.54) is 88.0 Å². The van der Waals surface area contributed by atoms with Gasteiger partial charge in [0.2, 0.25) is 0 Å². The Hall–Kier alpha value is -5.46. The lowest BCUT2D eigenvalue weighted by Gasteiger charge is -2.12. The lowest BCUT2D eigenvalue weighted by Crippen LogP contribution is -1.85. The first-order valence-corrected chi connectivity index (χ1v) is 16.6. The lowest BCUT2D eigenvalue weighted by molar-refractivity contribution is 1.50. The highest BCUT2D eigenvalue weighted by Gasteiger charge is 2.22. The van der Waals surface area contributed by atoms with Crippen LogP contribution in [0.3, 0.4) is 0 Å². The predicted octanol–water partition coefficient (Wildman–Crippen LogP) is 13.8. The van der Waals surface area contributed by atoms with Crippen LogP contribution in [0.1, 0.15) is 27.7 Å². The summed E-state index contributed by atoms with van der Waals surface area (Å²) in [6.45, 7) is 8.00. The van der Waals surface area contributed by atoms with Crippen molar-refractivity contribution in [3.8, 4) is 55.6 Å². The van der Waals surface area contributed by atoms with Crippen LogP contribution in [0.15, 0.2) is 158 Å². The smallest absolute Gasteiger partial charge is 0.00201 e. The average molecular weight is 591 g/mol. The predicted molar refractivity (Wildman–Crippen MR) is 202 cm³/mol. The molecule has 0 fully saturated rings. The molecule has 0 aromatic heterocycles. The molecule has 0 heteroatoms. The number of fused-ring (bicyclic) bond motifs is 5. The van der Waals surface area contributed by atoms with Crippen molar-refractivity contribution in [3.05, 3.63) is 158 Å². The van der Waals surface area contributed by atoms with Gasteiger partial charge in [-0.1, -0.05) is 167 Å². The maximum Gasteiger partial charge on any atom is -0.00201 e. The molecule has 0 amide bonds. The van der Waals surface area contributed by atoms with Crippen LogP contribution in [0.2, 0.25) is 0 Å². The number of benzene rings is 8. The van der Waals surface area contributed by atoms with Gasteiger partial charge in [-0.05, 0) is 106 Å². The summed E-state index contributed by atoms with van der Waals surface area (Å²) in [5, 5.41) is 7.76. The molecule has 0 saturated carbocycles. The van der Waals surface area contributed by atoms with E-state index in [1.54, 1.807) is 0 Å². The fourth-order valence-electron chi connectivity index (χ4n) is 6.88. The highest BCUT2D eigenvalue weighted by atomic mass is 14.2. The number of hydrogen-bond donors (Lipinski definition) is 0. The molecule has 0 unspecified atom stereocenters. The fourth-order valence-corrected chi connectivity index (χ4v) is 6.88. The molecular formula is C46H38. The van der Waals surface area contributed by atoms with Gasteiger partial charge in [0, 0.05) is 0 Å². The fraction of sp³-hybridized carbons (Fsp3) is 0.0870. The van der Waals surface area contributed by atoms with E-state index in [9.17, 15) is 0 Å². The van der Waals surface area contributed by atoms with Crippen LogP contribution in [0.25, 0.3) is 88.0 Å². The monoisotopic (exact) mass is 590 g/mol. The minimum atomic E-state index is 1.23. The molecule has 0 radical (unpaired) electrons. The van der Waals surface area contributed by atoms with Crippen LogP contribution < -0.4 is 0 Å². The first-order valence-electron chi connectivity index (χ1n) is 16.6. The molecule has 0 bridgehead atoms. The standard InChI is InChI=1S/C42H26.2C2H6/c1-2-7-31-24-32(19-16-27(31)6-1)28-12-14-29(15-13-28)33-20-17-30-18-21-34(26-35(30)25-33)36-22-23-41-38-9-4-3-8-37(38)40-11-5-10-39(36)42(40)41;2*1-2/h1-26H;2*1-2H3. The van der Waals surface area contributed by atoms with E-state index in [0.717, 1.165) is 0 Å². The molecule has 1 aliphatic rings. The molecule has 0 heterocycles. The topological polar surface area (TPSA) is 0 Å². The normalized spacial score (nSPS) is 11.0. The third-order valence-corrected chi connectivity index (χ3v) is 9.00. The highest BCUT2D eigenvalue weighted by molar-refractivity contribution is 6.18. The van der Waals surface area contributed by atoms with Gasteiger partial charge >= 0.3 is 0 Å². The second-order valence-corrected chi connectivity index (χ2v) is 11.4. The van der Waals surface area contributed by atoms with Crippen LogP contribution in [0.4, 0.5) is 0 Å². The van der Waals surface area contributed by atoms with Gasteiger partial charge in [-0.2, -0.15) is 0 Å². The summed E-state index contributed by atoms with van der Waals surface area (Å²) in [7, 11) is 0. The zero-order valence-corrected chi connectivity index (χ0v) is 27.0. The van der Waals surface area contributed by atoms with Crippen molar-refractivity contribution in [2.45, 2.75) is 27.7 Å². The van der Waals surface area contributed by atoms with Crippen LogP contribution >= 0.6 is 0 Å². The van der Waals surface area contributed by atoms with Gasteiger partial charge in [-0.15, -0.1) is 0 Å². The molecule has 0 aliphatic heterocycles. The zero-order chi connectivity index (χ0) is 31.6. The van der Waals surface area contributed by atoms with E-state index in [2.05, 4.69) is 158 Å². The Kier molecular flexibility index (Phi) is 7.95. The van der Waals surface area contributed by atoms with Crippen LogP contribution in [0, 0.1) is 0 Å². The molecule has 0 N–H and O–H groups in total. The minimum absolute atomic E-state index is 1.23. The summed E-state index contributed by atoms with van der Waals surface area (Å²) >= 11 is 0. The Labute approximate surface area is 272 Å².